The summed E-state index contributed by atoms with van der Waals surface area (Å²) in [6.07, 6.45) is 13.3. The normalized spacial score (nSPS) is 19.2. The van der Waals surface area contributed by atoms with Gasteiger partial charge in [0.2, 0.25) is 0 Å². The minimum absolute atomic E-state index is 0.500. The molecule has 0 unspecified atom stereocenters. The standard InChI is InChI=1S/C10H20.C9H18.2C5H12/c1-10(2,3)9-7-5-4-6-8-9;1-9(2,3)8-6-4-5-7-8;2*1-5(2,3)4/h9H,4-8H2,1-3H3;8H,4-7H2,1-3H3;2*1-4H3. The molecule has 0 aromatic rings. The van der Waals surface area contributed by atoms with E-state index in [0.29, 0.717) is 21.7 Å². The predicted octanol–water partition coefficient (Wildman–Crippen LogP) is 10.9. The average Bonchev–Trinajstić information content (AvgIpc) is 2.98. The van der Waals surface area contributed by atoms with E-state index in [1.165, 1.54) is 57.8 Å². The van der Waals surface area contributed by atoms with E-state index in [9.17, 15) is 0 Å². The van der Waals surface area contributed by atoms with Gasteiger partial charge in [0.05, 0.1) is 0 Å². The van der Waals surface area contributed by atoms with Gasteiger partial charge in [-0.2, -0.15) is 0 Å². The molecular weight excluding hydrogens is 348 g/mol. The molecule has 0 atom stereocenters. The molecule has 2 rings (SSSR count). The highest BCUT2D eigenvalue weighted by Gasteiger charge is 2.27. The van der Waals surface area contributed by atoms with Gasteiger partial charge < -0.3 is 0 Å². The molecule has 2 fully saturated rings. The monoisotopic (exact) mass is 410 g/mol. The van der Waals surface area contributed by atoms with Crippen LogP contribution in [0, 0.1) is 33.5 Å². The highest BCUT2D eigenvalue weighted by Crippen LogP contribution is 2.39. The Morgan fingerprint density at radius 1 is 0.345 bits per heavy atom. The van der Waals surface area contributed by atoms with Crippen molar-refractivity contribution in [3.63, 3.8) is 0 Å². The number of hydrogen-bond acceptors (Lipinski definition) is 0. The average molecular weight is 411 g/mol. The molecule has 0 heterocycles. The zero-order chi connectivity index (χ0) is 23.5. The topological polar surface area (TPSA) is 0 Å². The summed E-state index contributed by atoms with van der Waals surface area (Å²) in [7, 11) is 0. The van der Waals surface area contributed by atoms with Crippen LogP contribution in [0.2, 0.25) is 0 Å². The highest BCUT2D eigenvalue weighted by atomic mass is 14.3. The lowest BCUT2D eigenvalue weighted by Crippen LogP contribution is -2.22. The van der Waals surface area contributed by atoms with E-state index in [1.807, 2.05) is 0 Å². The molecular formula is C29H62. The van der Waals surface area contributed by atoms with Gasteiger partial charge in [-0.15, -0.1) is 0 Å². The van der Waals surface area contributed by atoms with Crippen molar-refractivity contribution in [2.75, 3.05) is 0 Å². The molecule has 178 valence electrons. The molecule has 2 aliphatic rings. The molecule has 0 aromatic heterocycles. The fourth-order valence-corrected chi connectivity index (χ4v) is 3.76. The maximum absolute atomic E-state index is 2.38. The molecule has 0 nitrogen and oxygen atoms in total. The molecule has 2 saturated carbocycles. The third-order valence-corrected chi connectivity index (χ3v) is 5.41. The zero-order valence-electron chi connectivity index (χ0n) is 23.5. The van der Waals surface area contributed by atoms with Gasteiger partial charge in [-0.1, -0.05) is 129 Å². The van der Waals surface area contributed by atoms with Crippen molar-refractivity contribution in [2.24, 2.45) is 33.5 Å². The predicted molar refractivity (Wildman–Crippen MR) is 138 cm³/mol. The van der Waals surface area contributed by atoms with Gasteiger partial charge in [0, 0.05) is 0 Å². The van der Waals surface area contributed by atoms with Gasteiger partial charge in [0.15, 0.2) is 0 Å². The second-order valence-corrected chi connectivity index (χ2v) is 15.0. The summed E-state index contributed by atoms with van der Waals surface area (Å²) in [4.78, 5) is 0. The lowest BCUT2D eigenvalue weighted by molar-refractivity contribution is 0.180. The van der Waals surface area contributed by atoms with Crippen molar-refractivity contribution < 1.29 is 0 Å². The number of hydrogen-bond donors (Lipinski definition) is 0. The second-order valence-electron chi connectivity index (χ2n) is 15.0. The van der Waals surface area contributed by atoms with Crippen LogP contribution in [0.5, 0.6) is 0 Å². The summed E-state index contributed by atoms with van der Waals surface area (Å²) in [5.41, 5.74) is 2.15. The Labute approximate surface area is 188 Å². The zero-order valence-corrected chi connectivity index (χ0v) is 23.5. The van der Waals surface area contributed by atoms with Gasteiger partial charge in [0.25, 0.3) is 0 Å². The van der Waals surface area contributed by atoms with Crippen molar-refractivity contribution in [2.45, 2.75) is 155 Å². The first-order valence-electron chi connectivity index (χ1n) is 12.7. The fraction of sp³-hybridized carbons (Fsp3) is 1.00. The van der Waals surface area contributed by atoms with Gasteiger partial charge in [-0.25, -0.2) is 0 Å². The van der Waals surface area contributed by atoms with Crippen molar-refractivity contribution in [1.82, 2.24) is 0 Å². The minimum atomic E-state index is 0.500. The first kappa shape index (κ1) is 31.2. The quantitative estimate of drug-likeness (QED) is 0.372. The molecule has 0 radical (unpaired) electrons. The Bertz CT molecular complexity index is 338. The molecule has 2 aliphatic carbocycles. The molecule has 0 aliphatic heterocycles. The SMILES string of the molecule is CC(C)(C)C.CC(C)(C)C.CC(C)(C)C1CCCC1.CC(C)(C)C1CCCCC1. The summed E-state index contributed by atoms with van der Waals surface area (Å²) in [6, 6.07) is 0. The fourth-order valence-electron chi connectivity index (χ4n) is 3.76. The Kier molecular flexibility index (Phi) is 14.4. The lowest BCUT2D eigenvalue weighted by Gasteiger charge is -2.33. The van der Waals surface area contributed by atoms with Gasteiger partial charge in [-0.05, 0) is 59.2 Å². The van der Waals surface area contributed by atoms with E-state index in [1.54, 1.807) is 0 Å². The molecule has 29 heavy (non-hydrogen) atoms. The maximum Gasteiger partial charge on any atom is -0.0354 e. The van der Waals surface area contributed by atoms with Crippen LogP contribution in [0.1, 0.15) is 155 Å². The van der Waals surface area contributed by atoms with Crippen LogP contribution in [-0.2, 0) is 0 Å². The highest BCUT2D eigenvalue weighted by molar-refractivity contribution is 4.78. The number of rotatable bonds is 0. The van der Waals surface area contributed by atoms with Crippen LogP contribution in [0.15, 0.2) is 0 Å². The van der Waals surface area contributed by atoms with Crippen LogP contribution in [0.25, 0.3) is 0 Å². The Balaban J connectivity index is 0. The molecule has 0 heteroatoms. The second kappa shape index (κ2) is 13.4. The van der Waals surface area contributed by atoms with Crippen LogP contribution in [0.4, 0.5) is 0 Å². The third-order valence-electron chi connectivity index (χ3n) is 5.41. The largest absolute Gasteiger partial charge is 0.0604 e. The van der Waals surface area contributed by atoms with E-state index in [4.69, 9.17) is 0 Å². The molecule has 0 spiro atoms. The molecule has 0 aromatic carbocycles. The Morgan fingerprint density at radius 3 is 0.655 bits per heavy atom. The van der Waals surface area contributed by atoms with Crippen LogP contribution < -0.4 is 0 Å². The van der Waals surface area contributed by atoms with E-state index in [2.05, 4.69) is 96.9 Å². The van der Waals surface area contributed by atoms with Crippen molar-refractivity contribution in [1.29, 1.82) is 0 Å². The van der Waals surface area contributed by atoms with Crippen LogP contribution in [0.3, 0.4) is 0 Å². The van der Waals surface area contributed by atoms with Gasteiger partial charge >= 0.3 is 0 Å². The van der Waals surface area contributed by atoms with Crippen molar-refractivity contribution >= 4 is 0 Å². The van der Waals surface area contributed by atoms with E-state index in [-0.39, 0.29) is 0 Å². The smallest absolute Gasteiger partial charge is 0.0354 e. The third kappa shape index (κ3) is 26.0. The van der Waals surface area contributed by atoms with Gasteiger partial charge in [0.1, 0.15) is 0 Å². The summed E-state index contributed by atoms with van der Waals surface area (Å²) < 4.78 is 0. The Hall–Kier alpha value is 0. The van der Waals surface area contributed by atoms with Crippen molar-refractivity contribution in [3.05, 3.63) is 0 Å². The summed E-state index contributed by atoms with van der Waals surface area (Å²) in [6.45, 7) is 31.7. The van der Waals surface area contributed by atoms with Gasteiger partial charge in [-0.3, -0.25) is 0 Å². The maximum atomic E-state index is 2.38. The van der Waals surface area contributed by atoms with Crippen LogP contribution >= 0.6 is 0 Å². The van der Waals surface area contributed by atoms with E-state index >= 15 is 0 Å². The Morgan fingerprint density at radius 2 is 0.517 bits per heavy atom. The van der Waals surface area contributed by atoms with Crippen LogP contribution in [-0.4, -0.2) is 0 Å². The van der Waals surface area contributed by atoms with E-state index in [0.717, 1.165) is 11.8 Å². The molecule has 0 amide bonds. The molecule has 0 saturated heterocycles. The summed E-state index contributed by atoms with van der Waals surface area (Å²) in [5, 5.41) is 0. The first-order chi connectivity index (χ1) is 12.7. The minimum Gasteiger partial charge on any atom is -0.0604 e. The van der Waals surface area contributed by atoms with E-state index < -0.39 is 0 Å². The summed E-state index contributed by atoms with van der Waals surface area (Å²) >= 11 is 0. The first-order valence-corrected chi connectivity index (χ1v) is 12.7. The molecule has 0 N–H and O–H groups in total. The molecule has 0 bridgehead atoms. The summed E-state index contributed by atoms with van der Waals surface area (Å²) in [5.74, 6) is 2.01. The lowest BCUT2D eigenvalue weighted by atomic mass is 9.72. The van der Waals surface area contributed by atoms with Crippen molar-refractivity contribution in [3.8, 4) is 0 Å².